The highest BCUT2D eigenvalue weighted by Gasteiger charge is 2.30. The molecule has 2 atom stereocenters. The Morgan fingerprint density at radius 2 is 2.16 bits per heavy atom. The molecule has 1 aromatic rings. The van der Waals surface area contributed by atoms with Crippen LogP contribution in [0.15, 0.2) is 18.2 Å². The number of hydrogen-bond donors (Lipinski definition) is 1. The van der Waals surface area contributed by atoms with Crippen molar-refractivity contribution >= 4 is 11.8 Å². The van der Waals surface area contributed by atoms with Gasteiger partial charge in [0.2, 0.25) is 0 Å². The highest BCUT2D eigenvalue weighted by molar-refractivity contribution is 7.99. The molecule has 1 N–H and O–H groups in total. The Morgan fingerprint density at radius 3 is 2.74 bits per heavy atom. The number of thioether (sulfide) groups is 1. The quantitative estimate of drug-likeness (QED) is 0.899. The number of benzene rings is 1. The van der Waals surface area contributed by atoms with Gasteiger partial charge in [-0.1, -0.05) is 13.0 Å². The van der Waals surface area contributed by atoms with E-state index in [4.69, 9.17) is 4.74 Å². The fourth-order valence-corrected chi connectivity index (χ4v) is 3.13. The van der Waals surface area contributed by atoms with Gasteiger partial charge in [0.05, 0.1) is 18.8 Å². The van der Waals surface area contributed by atoms with Crippen molar-refractivity contribution < 1.29 is 13.5 Å². The van der Waals surface area contributed by atoms with Gasteiger partial charge in [-0.15, -0.1) is 0 Å². The summed E-state index contributed by atoms with van der Waals surface area (Å²) in [6, 6.07) is 3.57. The fourth-order valence-electron chi connectivity index (χ4n) is 2.23. The van der Waals surface area contributed by atoms with Gasteiger partial charge >= 0.3 is 0 Å². The third kappa shape index (κ3) is 3.68. The minimum Gasteiger partial charge on any atom is -0.375 e. The van der Waals surface area contributed by atoms with Crippen LogP contribution >= 0.6 is 11.8 Å². The van der Waals surface area contributed by atoms with Gasteiger partial charge in [0, 0.05) is 17.1 Å². The van der Waals surface area contributed by atoms with Gasteiger partial charge in [-0.05, 0) is 25.1 Å². The zero-order chi connectivity index (χ0) is 13.7. The molecule has 0 spiro atoms. The Kier molecular flexibility index (Phi) is 5.60. The van der Waals surface area contributed by atoms with E-state index in [0.717, 1.165) is 17.9 Å². The molecule has 2 nitrogen and oxygen atoms in total. The molecule has 1 aromatic carbocycles. The Morgan fingerprint density at radius 1 is 1.42 bits per heavy atom. The summed E-state index contributed by atoms with van der Waals surface area (Å²) in [6.45, 7) is 3.37. The fraction of sp³-hybridized carbons (Fsp3) is 0.571. The van der Waals surface area contributed by atoms with E-state index in [1.54, 1.807) is 11.8 Å². The molecular weight excluding hydrogens is 268 g/mol. The SMILES string of the molecule is CCCNC(c1c(F)cccc1F)C1CSCCO1. The Labute approximate surface area is 116 Å². The van der Waals surface area contributed by atoms with Gasteiger partial charge in [-0.2, -0.15) is 11.8 Å². The molecule has 2 unspecified atom stereocenters. The maximum absolute atomic E-state index is 13.9. The van der Waals surface area contributed by atoms with Crippen LogP contribution in [-0.4, -0.2) is 30.8 Å². The third-order valence-electron chi connectivity index (χ3n) is 3.14. The van der Waals surface area contributed by atoms with Gasteiger partial charge in [0.15, 0.2) is 0 Å². The Bertz CT molecular complexity index is 390. The number of hydrogen-bond acceptors (Lipinski definition) is 3. The maximum Gasteiger partial charge on any atom is 0.131 e. The van der Waals surface area contributed by atoms with Crippen LogP contribution in [0.25, 0.3) is 0 Å². The van der Waals surface area contributed by atoms with Crippen LogP contribution in [0.4, 0.5) is 8.78 Å². The second-order valence-corrected chi connectivity index (χ2v) is 5.70. The highest BCUT2D eigenvalue weighted by atomic mass is 32.2. The Hall–Kier alpha value is -0.650. The molecule has 0 bridgehead atoms. The lowest BCUT2D eigenvalue weighted by Crippen LogP contribution is -2.39. The van der Waals surface area contributed by atoms with Gasteiger partial charge in [0.1, 0.15) is 11.6 Å². The lowest BCUT2D eigenvalue weighted by molar-refractivity contribution is 0.0448. The van der Waals surface area contributed by atoms with Gasteiger partial charge in [-0.25, -0.2) is 8.78 Å². The molecule has 2 rings (SSSR count). The van der Waals surface area contributed by atoms with E-state index >= 15 is 0 Å². The predicted molar refractivity (Wildman–Crippen MR) is 74.5 cm³/mol. The molecule has 0 saturated carbocycles. The van der Waals surface area contributed by atoms with Crippen LogP contribution in [0.1, 0.15) is 24.9 Å². The Balaban J connectivity index is 2.25. The van der Waals surface area contributed by atoms with Crippen molar-refractivity contribution in [3.05, 3.63) is 35.4 Å². The molecular formula is C14H19F2NOS. The van der Waals surface area contributed by atoms with E-state index in [1.165, 1.54) is 18.2 Å². The van der Waals surface area contributed by atoms with E-state index in [-0.39, 0.29) is 11.7 Å². The second kappa shape index (κ2) is 7.22. The second-order valence-electron chi connectivity index (χ2n) is 4.55. The molecule has 1 aliphatic rings. The van der Waals surface area contributed by atoms with Crippen molar-refractivity contribution in [1.82, 2.24) is 5.32 Å². The van der Waals surface area contributed by atoms with Crippen LogP contribution in [0, 0.1) is 11.6 Å². The zero-order valence-corrected chi connectivity index (χ0v) is 11.8. The third-order valence-corrected chi connectivity index (χ3v) is 4.16. The molecule has 106 valence electrons. The minimum absolute atomic E-state index is 0.100. The van der Waals surface area contributed by atoms with Crippen LogP contribution in [-0.2, 0) is 4.74 Å². The lowest BCUT2D eigenvalue weighted by atomic mass is 10.0. The van der Waals surface area contributed by atoms with Crippen molar-refractivity contribution in [2.45, 2.75) is 25.5 Å². The number of nitrogens with one attached hydrogen (secondary N) is 1. The molecule has 0 radical (unpaired) electrons. The van der Waals surface area contributed by atoms with Crippen molar-refractivity contribution in [1.29, 1.82) is 0 Å². The van der Waals surface area contributed by atoms with Gasteiger partial charge in [-0.3, -0.25) is 0 Å². The summed E-state index contributed by atoms with van der Waals surface area (Å²) in [5.41, 5.74) is 0.100. The smallest absolute Gasteiger partial charge is 0.131 e. The standard InChI is InChI=1S/C14H19F2NOS/c1-2-6-17-14(12-9-19-8-7-18-12)13-10(15)4-3-5-11(13)16/h3-5,12,14,17H,2,6-9H2,1H3. The molecule has 1 saturated heterocycles. The number of halogens is 2. The van der Waals surface area contributed by atoms with Gasteiger partial charge < -0.3 is 10.1 Å². The molecule has 5 heteroatoms. The monoisotopic (exact) mass is 287 g/mol. The molecule has 1 heterocycles. The molecule has 1 aliphatic heterocycles. The molecule has 19 heavy (non-hydrogen) atoms. The van der Waals surface area contributed by atoms with Crippen LogP contribution < -0.4 is 5.32 Å². The van der Waals surface area contributed by atoms with E-state index in [9.17, 15) is 8.78 Å². The van der Waals surface area contributed by atoms with E-state index in [2.05, 4.69) is 5.32 Å². The predicted octanol–water partition coefficient (Wildman–Crippen LogP) is 3.14. The highest BCUT2D eigenvalue weighted by Crippen LogP contribution is 2.29. The molecule has 1 fully saturated rings. The van der Waals surface area contributed by atoms with Crippen LogP contribution in [0.5, 0.6) is 0 Å². The van der Waals surface area contributed by atoms with Gasteiger partial charge in [0.25, 0.3) is 0 Å². The minimum atomic E-state index is -0.507. The van der Waals surface area contributed by atoms with E-state index < -0.39 is 17.7 Å². The summed E-state index contributed by atoms with van der Waals surface area (Å²) in [7, 11) is 0. The lowest BCUT2D eigenvalue weighted by Gasteiger charge is -2.31. The first-order valence-electron chi connectivity index (χ1n) is 6.60. The van der Waals surface area contributed by atoms with Crippen LogP contribution in [0.2, 0.25) is 0 Å². The first-order valence-corrected chi connectivity index (χ1v) is 7.76. The van der Waals surface area contributed by atoms with Crippen molar-refractivity contribution in [3.8, 4) is 0 Å². The average Bonchev–Trinajstić information content (AvgIpc) is 2.43. The van der Waals surface area contributed by atoms with E-state index in [0.29, 0.717) is 13.2 Å². The molecule has 0 amide bonds. The number of rotatable bonds is 5. The molecule has 0 aromatic heterocycles. The average molecular weight is 287 g/mol. The number of ether oxygens (including phenoxy) is 1. The zero-order valence-electron chi connectivity index (χ0n) is 11.0. The first-order chi connectivity index (χ1) is 9.24. The summed E-state index contributed by atoms with van der Waals surface area (Å²) >= 11 is 1.76. The van der Waals surface area contributed by atoms with Crippen LogP contribution in [0.3, 0.4) is 0 Å². The molecule has 0 aliphatic carbocycles. The van der Waals surface area contributed by atoms with Crippen molar-refractivity contribution in [3.63, 3.8) is 0 Å². The summed E-state index contributed by atoms with van der Waals surface area (Å²) in [5.74, 6) is 0.687. The summed E-state index contributed by atoms with van der Waals surface area (Å²) in [5, 5.41) is 3.22. The summed E-state index contributed by atoms with van der Waals surface area (Å²) in [6.07, 6.45) is 0.726. The largest absolute Gasteiger partial charge is 0.375 e. The summed E-state index contributed by atoms with van der Waals surface area (Å²) < 4.78 is 33.6. The normalized spacial score (nSPS) is 21.3. The van der Waals surface area contributed by atoms with Crippen molar-refractivity contribution in [2.75, 3.05) is 24.7 Å². The van der Waals surface area contributed by atoms with Crippen molar-refractivity contribution in [2.24, 2.45) is 0 Å². The first kappa shape index (κ1) is 14.8. The maximum atomic E-state index is 13.9. The topological polar surface area (TPSA) is 21.3 Å². The summed E-state index contributed by atoms with van der Waals surface area (Å²) in [4.78, 5) is 0. The van der Waals surface area contributed by atoms with E-state index in [1.807, 2.05) is 6.92 Å².